The summed E-state index contributed by atoms with van der Waals surface area (Å²) in [7, 11) is 0. The average molecular weight is 313 g/mol. The Morgan fingerprint density at radius 2 is 2.23 bits per heavy atom. The van der Waals surface area contributed by atoms with Crippen LogP contribution >= 0.6 is 34.2 Å². The lowest BCUT2D eigenvalue weighted by Gasteiger charge is -2.05. The van der Waals surface area contributed by atoms with Crippen molar-refractivity contribution in [1.82, 2.24) is 0 Å². The summed E-state index contributed by atoms with van der Waals surface area (Å²) < 4.78 is 13.7. The molecular formula is C8H6ClFINO. The van der Waals surface area contributed by atoms with Crippen LogP contribution in [-0.2, 0) is 4.79 Å². The van der Waals surface area contributed by atoms with Crippen LogP contribution in [0.4, 0.5) is 10.1 Å². The third kappa shape index (κ3) is 2.80. The Morgan fingerprint density at radius 1 is 1.62 bits per heavy atom. The van der Waals surface area contributed by atoms with Crippen molar-refractivity contribution in [2.75, 3.05) is 5.32 Å². The van der Waals surface area contributed by atoms with E-state index in [1.165, 1.54) is 19.1 Å². The molecule has 1 aromatic rings. The number of nitrogens with one attached hydrogen (secondary N) is 1. The molecule has 0 aromatic heterocycles. The minimum atomic E-state index is -0.482. The molecule has 0 saturated carbocycles. The number of carbonyl (C=O) groups excluding carboxylic acids is 1. The molecule has 0 heterocycles. The molecule has 13 heavy (non-hydrogen) atoms. The van der Waals surface area contributed by atoms with Crippen LogP contribution in [0.15, 0.2) is 12.1 Å². The third-order valence-corrected chi connectivity index (χ3v) is 2.84. The molecule has 0 aliphatic heterocycles. The minimum Gasteiger partial charge on any atom is -0.324 e. The standard InChI is InChI=1S/C8H6ClFINO/c1-4(13)12-8-2-5(9)7(11)3-6(8)10/h2-3H,1H3,(H,12,13). The van der Waals surface area contributed by atoms with Crippen molar-refractivity contribution >= 4 is 45.8 Å². The van der Waals surface area contributed by atoms with Crippen molar-refractivity contribution in [2.24, 2.45) is 0 Å². The van der Waals surface area contributed by atoms with Gasteiger partial charge in [-0.3, -0.25) is 4.79 Å². The van der Waals surface area contributed by atoms with Gasteiger partial charge in [0.05, 0.1) is 10.7 Å². The minimum absolute atomic E-state index is 0.109. The fraction of sp³-hybridized carbons (Fsp3) is 0.125. The first kappa shape index (κ1) is 10.7. The van der Waals surface area contributed by atoms with E-state index in [9.17, 15) is 9.18 Å². The average Bonchev–Trinajstić information content (AvgIpc) is 1.99. The zero-order valence-corrected chi connectivity index (χ0v) is 9.61. The first-order valence-electron chi connectivity index (χ1n) is 3.43. The van der Waals surface area contributed by atoms with Crippen molar-refractivity contribution in [2.45, 2.75) is 6.92 Å². The molecule has 0 bridgehead atoms. The lowest BCUT2D eigenvalue weighted by atomic mass is 10.3. The smallest absolute Gasteiger partial charge is 0.221 e. The number of hydrogen-bond donors (Lipinski definition) is 1. The Hall–Kier alpha value is -0.360. The molecule has 0 spiro atoms. The van der Waals surface area contributed by atoms with Crippen LogP contribution < -0.4 is 5.32 Å². The summed E-state index contributed by atoms with van der Waals surface area (Å²) in [5.74, 6) is -0.805. The van der Waals surface area contributed by atoms with Crippen LogP contribution in [0.2, 0.25) is 5.02 Å². The van der Waals surface area contributed by atoms with Gasteiger partial charge in [0.2, 0.25) is 5.91 Å². The van der Waals surface area contributed by atoms with E-state index in [1.54, 1.807) is 0 Å². The Morgan fingerprint density at radius 3 is 2.77 bits per heavy atom. The lowest BCUT2D eigenvalue weighted by molar-refractivity contribution is -0.114. The van der Waals surface area contributed by atoms with Crippen LogP contribution in [0.5, 0.6) is 0 Å². The quantitative estimate of drug-likeness (QED) is 0.626. The van der Waals surface area contributed by atoms with Crippen molar-refractivity contribution in [1.29, 1.82) is 0 Å². The summed E-state index contributed by atoms with van der Waals surface area (Å²) in [6.07, 6.45) is 0. The molecule has 0 saturated heterocycles. The van der Waals surface area contributed by atoms with Gasteiger partial charge < -0.3 is 5.32 Å². The molecule has 70 valence electrons. The van der Waals surface area contributed by atoms with E-state index in [4.69, 9.17) is 11.6 Å². The predicted octanol–water partition coefficient (Wildman–Crippen LogP) is 3.04. The van der Waals surface area contributed by atoms with Gasteiger partial charge >= 0.3 is 0 Å². The first-order chi connectivity index (χ1) is 6.00. The van der Waals surface area contributed by atoms with Gasteiger partial charge in [0.25, 0.3) is 0 Å². The second-order valence-corrected chi connectivity index (χ2v) is 4.00. The fourth-order valence-electron chi connectivity index (χ4n) is 0.808. The highest BCUT2D eigenvalue weighted by molar-refractivity contribution is 14.1. The maximum atomic E-state index is 13.1. The number of carbonyl (C=O) groups is 1. The Bertz CT molecular complexity index is 356. The van der Waals surface area contributed by atoms with Gasteiger partial charge in [0.15, 0.2) is 0 Å². The zero-order chi connectivity index (χ0) is 10.0. The largest absolute Gasteiger partial charge is 0.324 e. The van der Waals surface area contributed by atoms with Crippen LogP contribution in [0, 0.1) is 9.39 Å². The fourth-order valence-corrected chi connectivity index (χ4v) is 1.40. The summed E-state index contributed by atoms with van der Waals surface area (Å²) in [4.78, 5) is 10.6. The monoisotopic (exact) mass is 313 g/mol. The van der Waals surface area contributed by atoms with Crippen molar-refractivity contribution in [3.8, 4) is 0 Å². The maximum Gasteiger partial charge on any atom is 0.221 e. The zero-order valence-electron chi connectivity index (χ0n) is 6.70. The Kier molecular flexibility index (Phi) is 3.49. The van der Waals surface area contributed by atoms with E-state index < -0.39 is 5.82 Å². The third-order valence-electron chi connectivity index (χ3n) is 1.32. The lowest BCUT2D eigenvalue weighted by Crippen LogP contribution is -2.07. The molecule has 1 rings (SSSR count). The predicted molar refractivity (Wildman–Crippen MR) is 58.4 cm³/mol. The number of amides is 1. The van der Waals surface area contributed by atoms with Gasteiger partial charge in [0, 0.05) is 10.5 Å². The molecule has 0 radical (unpaired) electrons. The molecule has 0 fully saturated rings. The second-order valence-electron chi connectivity index (χ2n) is 2.43. The van der Waals surface area contributed by atoms with Crippen LogP contribution in [0.1, 0.15) is 6.92 Å². The van der Waals surface area contributed by atoms with Crippen LogP contribution in [0.3, 0.4) is 0 Å². The van der Waals surface area contributed by atoms with E-state index in [0.29, 0.717) is 8.59 Å². The van der Waals surface area contributed by atoms with E-state index in [-0.39, 0.29) is 11.6 Å². The summed E-state index contributed by atoms with van der Waals surface area (Å²) >= 11 is 7.66. The number of rotatable bonds is 1. The number of hydrogen-bond acceptors (Lipinski definition) is 1. The molecule has 1 N–H and O–H groups in total. The molecule has 5 heteroatoms. The van der Waals surface area contributed by atoms with Crippen molar-refractivity contribution in [3.05, 3.63) is 26.5 Å². The normalized spacial score (nSPS) is 9.85. The van der Waals surface area contributed by atoms with Gasteiger partial charge in [-0.2, -0.15) is 0 Å². The van der Waals surface area contributed by atoms with Crippen LogP contribution in [-0.4, -0.2) is 5.91 Å². The molecule has 0 atom stereocenters. The summed E-state index contributed by atoms with van der Waals surface area (Å²) in [5, 5.41) is 2.76. The highest BCUT2D eigenvalue weighted by Crippen LogP contribution is 2.25. The molecule has 2 nitrogen and oxygen atoms in total. The van der Waals surface area contributed by atoms with Crippen LogP contribution in [0.25, 0.3) is 0 Å². The topological polar surface area (TPSA) is 29.1 Å². The van der Waals surface area contributed by atoms with Crippen molar-refractivity contribution < 1.29 is 9.18 Å². The van der Waals surface area contributed by atoms with Gasteiger partial charge in [-0.1, -0.05) is 11.6 Å². The first-order valence-corrected chi connectivity index (χ1v) is 4.88. The van der Waals surface area contributed by atoms with Gasteiger partial charge in [-0.05, 0) is 34.7 Å². The molecule has 1 amide bonds. The number of anilines is 1. The highest BCUT2D eigenvalue weighted by Gasteiger charge is 2.07. The Balaban J connectivity index is 3.08. The highest BCUT2D eigenvalue weighted by atomic mass is 127. The molecule has 0 aliphatic rings. The number of benzene rings is 1. The van der Waals surface area contributed by atoms with Gasteiger partial charge in [-0.15, -0.1) is 0 Å². The van der Waals surface area contributed by atoms with E-state index >= 15 is 0 Å². The second kappa shape index (κ2) is 4.23. The molecule has 0 aliphatic carbocycles. The number of halogens is 3. The van der Waals surface area contributed by atoms with E-state index in [1.807, 2.05) is 22.6 Å². The van der Waals surface area contributed by atoms with Crippen molar-refractivity contribution in [3.63, 3.8) is 0 Å². The SMILES string of the molecule is CC(=O)Nc1cc(Cl)c(I)cc1F. The summed E-state index contributed by atoms with van der Waals surface area (Å²) in [6.45, 7) is 1.31. The van der Waals surface area contributed by atoms with Gasteiger partial charge in [-0.25, -0.2) is 4.39 Å². The van der Waals surface area contributed by atoms with Gasteiger partial charge in [0.1, 0.15) is 5.82 Å². The molecule has 1 aromatic carbocycles. The summed E-state index contributed by atoms with van der Waals surface area (Å²) in [6, 6.07) is 2.66. The molecular weight excluding hydrogens is 307 g/mol. The maximum absolute atomic E-state index is 13.1. The van der Waals surface area contributed by atoms with E-state index in [2.05, 4.69) is 5.32 Å². The Labute approximate surface area is 93.6 Å². The summed E-state index contributed by atoms with van der Waals surface area (Å²) in [5.41, 5.74) is 0.109. The van der Waals surface area contributed by atoms with E-state index in [0.717, 1.165) is 0 Å². The molecule has 0 unspecified atom stereocenters.